The van der Waals surface area contributed by atoms with E-state index < -0.39 is 15.9 Å². The maximum Gasteiger partial charge on any atom is 0.257 e. The number of aryl methyl sites for hydroxylation is 1. The molecular weight excluding hydrogens is 494 g/mol. The van der Waals surface area contributed by atoms with E-state index in [1.165, 1.54) is 40.3 Å². The van der Waals surface area contributed by atoms with Gasteiger partial charge in [0.2, 0.25) is 21.1 Å². The summed E-state index contributed by atoms with van der Waals surface area (Å²) in [5.74, 6) is -0.448. The van der Waals surface area contributed by atoms with Crippen molar-refractivity contribution in [2.24, 2.45) is 0 Å². The molecule has 1 aromatic heterocycles. The maximum atomic E-state index is 12.6. The van der Waals surface area contributed by atoms with Gasteiger partial charge in [-0.1, -0.05) is 55.1 Å². The number of nitrogens with zero attached hydrogens (tertiary/aromatic N) is 3. The summed E-state index contributed by atoms with van der Waals surface area (Å²) in [7, 11) is -3.59. The molecule has 12 heteroatoms. The number of sulfonamides is 1. The molecule has 9 nitrogen and oxygen atoms in total. The molecule has 0 bridgehead atoms. The normalized spacial score (nSPS) is 11.4. The molecule has 3 aromatic rings. The van der Waals surface area contributed by atoms with E-state index in [1.807, 2.05) is 31.2 Å². The number of aromatic nitrogens is 2. The van der Waals surface area contributed by atoms with Crippen molar-refractivity contribution < 1.29 is 18.0 Å². The SMILES string of the molecule is CCN(CC)S(=O)(=O)c1ccc(C(=O)Nc2nnc(SCC(=O)Nc3ccccc3C)s2)cc1. The molecule has 0 unspecified atom stereocenters. The summed E-state index contributed by atoms with van der Waals surface area (Å²) < 4.78 is 27.0. The van der Waals surface area contributed by atoms with Gasteiger partial charge < -0.3 is 5.32 Å². The molecule has 0 aliphatic rings. The minimum Gasteiger partial charge on any atom is -0.325 e. The van der Waals surface area contributed by atoms with E-state index in [1.54, 1.807) is 13.8 Å². The van der Waals surface area contributed by atoms with Gasteiger partial charge in [0.15, 0.2) is 4.34 Å². The van der Waals surface area contributed by atoms with Crippen molar-refractivity contribution in [3.05, 3.63) is 59.7 Å². The van der Waals surface area contributed by atoms with Crippen LogP contribution in [0, 0.1) is 6.92 Å². The topological polar surface area (TPSA) is 121 Å². The lowest BCUT2D eigenvalue weighted by Crippen LogP contribution is -2.30. The Hall–Kier alpha value is -2.80. The fraction of sp³-hybridized carbons (Fsp3) is 0.273. The van der Waals surface area contributed by atoms with Gasteiger partial charge in [0, 0.05) is 24.3 Å². The van der Waals surface area contributed by atoms with Gasteiger partial charge in [-0.05, 0) is 42.8 Å². The van der Waals surface area contributed by atoms with Crippen LogP contribution >= 0.6 is 23.1 Å². The van der Waals surface area contributed by atoms with Crippen molar-refractivity contribution in [3.8, 4) is 0 Å². The van der Waals surface area contributed by atoms with Crippen molar-refractivity contribution in [2.75, 3.05) is 29.5 Å². The second-order valence-corrected chi connectivity index (χ2v) is 11.2. The Morgan fingerprint density at radius 2 is 1.68 bits per heavy atom. The number of carbonyl (C=O) groups is 2. The molecule has 0 saturated carbocycles. The molecule has 0 atom stereocenters. The number of benzene rings is 2. The molecule has 0 saturated heterocycles. The first-order valence-corrected chi connectivity index (χ1v) is 13.7. The third kappa shape index (κ3) is 6.41. The Kier molecular flexibility index (Phi) is 8.78. The standard InChI is InChI=1S/C22H25N5O4S3/c1-4-27(5-2)34(30,31)17-12-10-16(11-13-17)20(29)24-21-25-26-22(33-21)32-14-19(28)23-18-9-7-6-8-15(18)3/h6-13H,4-5,14H2,1-3H3,(H,23,28)(H,24,25,29). The van der Waals surface area contributed by atoms with Crippen LogP contribution < -0.4 is 10.6 Å². The summed E-state index contributed by atoms with van der Waals surface area (Å²) >= 11 is 2.37. The van der Waals surface area contributed by atoms with Crippen LogP contribution in [-0.4, -0.2) is 53.6 Å². The van der Waals surface area contributed by atoms with Crippen LogP contribution in [0.25, 0.3) is 0 Å². The van der Waals surface area contributed by atoms with Gasteiger partial charge in [-0.15, -0.1) is 10.2 Å². The fourth-order valence-electron chi connectivity index (χ4n) is 3.01. The fourth-order valence-corrected chi connectivity index (χ4v) is 6.01. The van der Waals surface area contributed by atoms with Crippen molar-refractivity contribution in [1.29, 1.82) is 0 Å². The lowest BCUT2D eigenvalue weighted by molar-refractivity contribution is -0.113. The first-order valence-electron chi connectivity index (χ1n) is 10.5. The van der Waals surface area contributed by atoms with Gasteiger partial charge in [-0.3, -0.25) is 14.9 Å². The smallest absolute Gasteiger partial charge is 0.257 e. The average molecular weight is 520 g/mol. The minimum atomic E-state index is -3.59. The zero-order valence-corrected chi connectivity index (χ0v) is 21.4. The highest BCUT2D eigenvalue weighted by Crippen LogP contribution is 2.26. The zero-order valence-electron chi connectivity index (χ0n) is 18.9. The number of hydrogen-bond acceptors (Lipinski definition) is 8. The predicted octanol–water partition coefficient (Wildman–Crippen LogP) is 3.86. The second-order valence-electron chi connectivity index (χ2n) is 7.09. The van der Waals surface area contributed by atoms with Crippen LogP contribution in [0.1, 0.15) is 29.8 Å². The molecule has 2 aromatic carbocycles. The number of anilines is 2. The number of hydrogen-bond donors (Lipinski definition) is 2. The lowest BCUT2D eigenvalue weighted by atomic mass is 10.2. The van der Waals surface area contributed by atoms with E-state index in [0.717, 1.165) is 22.6 Å². The first-order chi connectivity index (χ1) is 16.2. The molecule has 0 fully saturated rings. The quantitative estimate of drug-likeness (QED) is 0.308. The van der Waals surface area contributed by atoms with Gasteiger partial charge in [0.25, 0.3) is 5.91 Å². The van der Waals surface area contributed by atoms with Crippen LogP contribution in [0.4, 0.5) is 10.8 Å². The number of carbonyl (C=O) groups excluding carboxylic acids is 2. The van der Waals surface area contributed by atoms with Gasteiger partial charge >= 0.3 is 0 Å². The van der Waals surface area contributed by atoms with Crippen LogP contribution in [0.15, 0.2) is 57.8 Å². The first kappa shape index (κ1) is 25.8. The van der Waals surface area contributed by atoms with Crippen LogP contribution in [-0.2, 0) is 14.8 Å². The number of thioether (sulfide) groups is 1. The van der Waals surface area contributed by atoms with Crippen LogP contribution in [0.3, 0.4) is 0 Å². The summed E-state index contributed by atoms with van der Waals surface area (Å²) in [5.41, 5.74) is 2.02. The summed E-state index contributed by atoms with van der Waals surface area (Å²) in [4.78, 5) is 24.9. The molecule has 2 N–H and O–H groups in total. The average Bonchev–Trinajstić information content (AvgIpc) is 3.27. The second kappa shape index (κ2) is 11.6. The minimum absolute atomic E-state index is 0.131. The van der Waals surface area contributed by atoms with Gasteiger partial charge in [-0.2, -0.15) is 4.31 Å². The van der Waals surface area contributed by atoms with E-state index in [4.69, 9.17) is 0 Å². The summed E-state index contributed by atoms with van der Waals surface area (Å²) in [5, 5.41) is 13.7. The van der Waals surface area contributed by atoms with Crippen molar-refractivity contribution >= 4 is 55.8 Å². The van der Waals surface area contributed by atoms with Crippen LogP contribution in [0.2, 0.25) is 0 Å². The van der Waals surface area contributed by atoms with E-state index in [2.05, 4.69) is 20.8 Å². The Morgan fingerprint density at radius 3 is 2.32 bits per heavy atom. The van der Waals surface area contributed by atoms with Crippen LogP contribution in [0.5, 0.6) is 0 Å². The molecule has 0 aliphatic carbocycles. The molecule has 180 valence electrons. The third-order valence-electron chi connectivity index (χ3n) is 4.83. The highest BCUT2D eigenvalue weighted by molar-refractivity contribution is 8.01. The number of rotatable bonds is 10. The van der Waals surface area contributed by atoms with E-state index in [-0.39, 0.29) is 21.7 Å². The Balaban J connectivity index is 1.56. The van der Waals surface area contributed by atoms with Gasteiger partial charge in [0.05, 0.1) is 10.6 Å². The monoisotopic (exact) mass is 519 g/mol. The molecule has 34 heavy (non-hydrogen) atoms. The highest BCUT2D eigenvalue weighted by Gasteiger charge is 2.22. The predicted molar refractivity (Wildman–Crippen MR) is 135 cm³/mol. The Labute approximate surface area is 207 Å². The largest absolute Gasteiger partial charge is 0.325 e. The summed E-state index contributed by atoms with van der Waals surface area (Å²) in [6.45, 7) is 6.19. The van der Waals surface area contributed by atoms with Crippen molar-refractivity contribution in [2.45, 2.75) is 30.0 Å². The third-order valence-corrected chi connectivity index (χ3v) is 8.87. The van der Waals surface area contributed by atoms with Crippen molar-refractivity contribution in [3.63, 3.8) is 0 Å². The zero-order chi connectivity index (χ0) is 24.7. The summed E-state index contributed by atoms with van der Waals surface area (Å²) in [6, 6.07) is 13.2. The molecule has 0 radical (unpaired) electrons. The van der Waals surface area contributed by atoms with Gasteiger partial charge in [0.1, 0.15) is 0 Å². The number of para-hydroxylation sites is 1. The highest BCUT2D eigenvalue weighted by atomic mass is 32.2. The lowest BCUT2D eigenvalue weighted by Gasteiger charge is -2.18. The van der Waals surface area contributed by atoms with E-state index in [0.29, 0.717) is 23.0 Å². The molecule has 0 aliphatic heterocycles. The summed E-state index contributed by atoms with van der Waals surface area (Å²) in [6.07, 6.45) is 0. The van der Waals surface area contributed by atoms with E-state index >= 15 is 0 Å². The van der Waals surface area contributed by atoms with Crippen molar-refractivity contribution in [1.82, 2.24) is 14.5 Å². The van der Waals surface area contributed by atoms with E-state index in [9.17, 15) is 18.0 Å². The number of nitrogens with one attached hydrogen (secondary N) is 2. The Morgan fingerprint density at radius 1 is 1.00 bits per heavy atom. The molecular formula is C22H25N5O4S3. The molecule has 3 rings (SSSR count). The molecule has 2 amide bonds. The maximum absolute atomic E-state index is 12.6. The molecule has 0 spiro atoms. The van der Waals surface area contributed by atoms with Gasteiger partial charge in [-0.25, -0.2) is 8.42 Å². The Bertz CT molecular complexity index is 1260. The number of amides is 2. The molecule has 1 heterocycles.